The molecule has 0 spiro atoms. The standard InChI is InChI=1S/C3H4N2O/c1-3-4-2-6-5-3/h2H,1H3/i1D3. The Balaban J connectivity index is 2.90. The van der Waals surface area contributed by atoms with E-state index in [1.807, 2.05) is 0 Å². The lowest BCUT2D eigenvalue weighted by Crippen LogP contribution is -1.66. The van der Waals surface area contributed by atoms with Gasteiger partial charge < -0.3 is 4.52 Å². The van der Waals surface area contributed by atoms with Gasteiger partial charge in [0.25, 0.3) is 0 Å². The fraction of sp³-hybridized carbons (Fsp3) is 0.333. The minimum Gasteiger partial charge on any atom is -0.343 e. The molecule has 0 aromatic carbocycles. The molecule has 0 atom stereocenters. The molecule has 6 heavy (non-hydrogen) atoms. The van der Waals surface area contributed by atoms with Gasteiger partial charge in [0.1, 0.15) is 0 Å². The maximum Gasteiger partial charge on any atom is 0.213 e. The van der Waals surface area contributed by atoms with E-state index in [0.29, 0.717) is 0 Å². The quantitative estimate of drug-likeness (QED) is 0.459. The molecule has 0 saturated heterocycles. The average molecular weight is 87.1 g/mol. The fourth-order valence-corrected chi connectivity index (χ4v) is 0.171. The summed E-state index contributed by atoms with van der Waals surface area (Å²) in [6.07, 6.45) is 0.988. The van der Waals surface area contributed by atoms with E-state index in [9.17, 15) is 0 Å². The van der Waals surface area contributed by atoms with Crippen molar-refractivity contribution in [2.45, 2.75) is 6.85 Å². The molecule has 3 heteroatoms. The zero-order chi connectivity index (χ0) is 6.91. The van der Waals surface area contributed by atoms with Crippen LogP contribution in [0.4, 0.5) is 0 Å². The summed E-state index contributed by atoms with van der Waals surface area (Å²) in [5.41, 5.74) is 0. The van der Waals surface area contributed by atoms with Gasteiger partial charge in [-0.1, -0.05) is 5.16 Å². The molecular weight excluding hydrogens is 80.0 g/mol. The minimum absolute atomic E-state index is 0.248. The van der Waals surface area contributed by atoms with Crippen LogP contribution in [-0.4, -0.2) is 10.1 Å². The zero-order valence-corrected chi connectivity index (χ0v) is 2.88. The molecule has 0 aliphatic heterocycles. The Hall–Kier alpha value is -0.860. The molecule has 0 aliphatic carbocycles. The van der Waals surface area contributed by atoms with Crippen molar-refractivity contribution in [2.24, 2.45) is 0 Å². The van der Waals surface area contributed by atoms with Crippen molar-refractivity contribution in [3.8, 4) is 0 Å². The third-order valence-corrected chi connectivity index (χ3v) is 0.361. The van der Waals surface area contributed by atoms with Crippen molar-refractivity contribution in [3.05, 3.63) is 12.2 Å². The van der Waals surface area contributed by atoms with Crippen LogP contribution < -0.4 is 0 Å². The number of aromatic nitrogens is 2. The summed E-state index contributed by atoms with van der Waals surface area (Å²) in [5.74, 6) is -0.248. The van der Waals surface area contributed by atoms with Crippen molar-refractivity contribution >= 4 is 0 Å². The predicted molar refractivity (Wildman–Crippen MR) is 19.0 cm³/mol. The van der Waals surface area contributed by atoms with Gasteiger partial charge in [-0.3, -0.25) is 0 Å². The maximum absolute atomic E-state index is 6.74. The molecule has 0 bridgehead atoms. The van der Waals surface area contributed by atoms with Gasteiger partial charge >= 0.3 is 0 Å². The van der Waals surface area contributed by atoms with E-state index < -0.39 is 6.85 Å². The summed E-state index contributed by atoms with van der Waals surface area (Å²) in [7, 11) is 0. The second-order valence-corrected chi connectivity index (χ2v) is 0.755. The first kappa shape index (κ1) is 1.33. The van der Waals surface area contributed by atoms with Gasteiger partial charge in [-0.2, -0.15) is 4.98 Å². The minimum atomic E-state index is -2.24. The van der Waals surface area contributed by atoms with Crippen LogP contribution in [0.2, 0.25) is 0 Å². The number of hydrogen-bond donors (Lipinski definition) is 0. The van der Waals surface area contributed by atoms with Crippen molar-refractivity contribution in [1.82, 2.24) is 10.1 Å². The lowest BCUT2D eigenvalue weighted by molar-refractivity contribution is 0.412. The number of aryl methyl sites for hydroxylation is 1. The first-order valence-electron chi connectivity index (χ1n) is 2.87. The van der Waals surface area contributed by atoms with Crippen molar-refractivity contribution in [1.29, 1.82) is 0 Å². The highest BCUT2D eigenvalue weighted by Gasteiger charge is 1.79. The molecule has 0 unspecified atom stereocenters. The number of nitrogens with zero attached hydrogens (tertiary/aromatic N) is 2. The molecule has 0 saturated carbocycles. The van der Waals surface area contributed by atoms with Crippen LogP contribution >= 0.6 is 0 Å². The predicted octanol–water partition coefficient (Wildman–Crippen LogP) is 0.378. The Morgan fingerprint density at radius 1 is 2.17 bits per heavy atom. The third-order valence-electron chi connectivity index (χ3n) is 0.361. The first-order chi connectivity index (χ1) is 4.11. The summed E-state index contributed by atoms with van der Waals surface area (Å²) in [4.78, 5) is 3.35. The molecule has 0 amide bonds. The third kappa shape index (κ3) is 0.381. The molecule has 0 N–H and O–H groups in total. The largest absolute Gasteiger partial charge is 0.343 e. The van der Waals surface area contributed by atoms with Gasteiger partial charge in [0.2, 0.25) is 6.39 Å². The number of hydrogen-bond acceptors (Lipinski definition) is 3. The molecule has 1 aromatic rings. The molecule has 0 fully saturated rings. The Morgan fingerprint density at radius 3 is 3.50 bits per heavy atom. The SMILES string of the molecule is [2H]C([2H])([2H])c1ncon1. The van der Waals surface area contributed by atoms with Crippen LogP contribution in [0.1, 0.15) is 9.94 Å². The lowest BCUT2D eigenvalue weighted by atomic mass is 10.8. The number of rotatable bonds is 0. The fourth-order valence-electron chi connectivity index (χ4n) is 0.171. The van der Waals surface area contributed by atoms with Crippen molar-refractivity contribution < 1.29 is 8.64 Å². The second kappa shape index (κ2) is 1.08. The molecule has 32 valence electrons. The van der Waals surface area contributed by atoms with E-state index in [1.165, 1.54) is 0 Å². The smallest absolute Gasteiger partial charge is 0.213 e. The first-order valence-corrected chi connectivity index (χ1v) is 1.37. The Bertz CT molecular complexity index is 179. The Kier molecular flexibility index (Phi) is 0.240. The molecule has 1 rings (SSSR count). The van der Waals surface area contributed by atoms with E-state index in [2.05, 4.69) is 14.7 Å². The zero-order valence-electron chi connectivity index (χ0n) is 5.88. The van der Waals surface area contributed by atoms with Crippen LogP contribution in [0.25, 0.3) is 0 Å². The lowest BCUT2D eigenvalue weighted by Gasteiger charge is -1.60. The van der Waals surface area contributed by atoms with Crippen LogP contribution in [0, 0.1) is 6.85 Å². The van der Waals surface area contributed by atoms with E-state index in [0.717, 1.165) is 6.39 Å². The average Bonchev–Trinajstić information content (AvgIpc) is 2.08. The summed E-state index contributed by atoms with van der Waals surface area (Å²) in [6.45, 7) is -2.24. The topological polar surface area (TPSA) is 38.9 Å². The summed E-state index contributed by atoms with van der Waals surface area (Å²) < 4.78 is 24.4. The highest BCUT2D eigenvalue weighted by molar-refractivity contribution is 4.67. The molecular formula is C3H4N2O. The molecule has 0 aliphatic rings. The van der Waals surface area contributed by atoms with Crippen molar-refractivity contribution in [2.75, 3.05) is 0 Å². The molecule has 3 nitrogen and oxygen atoms in total. The molecule has 0 radical (unpaired) electrons. The van der Waals surface area contributed by atoms with Gasteiger partial charge in [0.15, 0.2) is 5.82 Å². The maximum atomic E-state index is 6.74. The van der Waals surface area contributed by atoms with E-state index in [-0.39, 0.29) is 5.82 Å². The van der Waals surface area contributed by atoms with Gasteiger partial charge in [-0.15, -0.1) is 0 Å². The molecule has 1 heterocycles. The van der Waals surface area contributed by atoms with E-state index >= 15 is 0 Å². The van der Waals surface area contributed by atoms with Crippen LogP contribution in [0.15, 0.2) is 10.9 Å². The normalized spacial score (nSPS) is 18.3. The van der Waals surface area contributed by atoms with Crippen molar-refractivity contribution in [3.63, 3.8) is 0 Å². The Labute approximate surface area is 39.2 Å². The van der Waals surface area contributed by atoms with E-state index in [4.69, 9.17) is 4.11 Å². The van der Waals surface area contributed by atoms with Gasteiger partial charge in [0, 0.05) is 4.11 Å². The van der Waals surface area contributed by atoms with Crippen LogP contribution in [0.3, 0.4) is 0 Å². The monoisotopic (exact) mass is 87.1 g/mol. The highest BCUT2D eigenvalue weighted by Crippen LogP contribution is 1.78. The summed E-state index contributed by atoms with van der Waals surface area (Å²) >= 11 is 0. The Morgan fingerprint density at radius 2 is 3.17 bits per heavy atom. The second-order valence-electron chi connectivity index (χ2n) is 0.755. The highest BCUT2D eigenvalue weighted by atomic mass is 16.5. The van der Waals surface area contributed by atoms with Crippen LogP contribution in [0.5, 0.6) is 0 Å². The summed E-state index contributed by atoms with van der Waals surface area (Å²) in [6, 6.07) is 0. The summed E-state index contributed by atoms with van der Waals surface area (Å²) in [5, 5.41) is 3.14. The van der Waals surface area contributed by atoms with Gasteiger partial charge in [-0.05, 0) is 6.85 Å². The van der Waals surface area contributed by atoms with E-state index in [1.54, 1.807) is 0 Å². The van der Waals surface area contributed by atoms with Gasteiger partial charge in [-0.25, -0.2) is 0 Å². The van der Waals surface area contributed by atoms with Gasteiger partial charge in [0.05, 0.1) is 0 Å². The van der Waals surface area contributed by atoms with Crippen LogP contribution in [-0.2, 0) is 0 Å². The molecule has 1 aromatic heterocycles.